The summed E-state index contributed by atoms with van der Waals surface area (Å²) in [5.41, 5.74) is 1.96. The number of para-hydroxylation sites is 2. The fourth-order valence-corrected chi connectivity index (χ4v) is 3.06. The fourth-order valence-electron chi connectivity index (χ4n) is 3.06. The van der Waals surface area contributed by atoms with Gasteiger partial charge in [-0.25, -0.2) is 9.78 Å². The van der Waals surface area contributed by atoms with Gasteiger partial charge in [0.15, 0.2) is 0 Å². The first-order valence-corrected chi connectivity index (χ1v) is 7.75. The van der Waals surface area contributed by atoms with Gasteiger partial charge < -0.3 is 24.8 Å². The summed E-state index contributed by atoms with van der Waals surface area (Å²) in [6.45, 7) is 1.25. The summed E-state index contributed by atoms with van der Waals surface area (Å²) in [4.78, 5) is 20.4. The molecule has 124 valence electrons. The van der Waals surface area contributed by atoms with Crippen LogP contribution in [0.3, 0.4) is 0 Å². The summed E-state index contributed by atoms with van der Waals surface area (Å²) in [6.07, 6.45) is -0.508. The van der Waals surface area contributed by atoms with E-state index in [1.165, 1.54) is 0 Å². The normalized spacial score (nSPS) is 21.3. The van der Waals surface area contributed by atoms with Crippen LogP contribution in [0.5, 0.6) is 0 Å². The average Bonchev–Trinajstić information content (AvgIpc) is 3.06. The summed E-state index contributed by atoms with van der Waals surface area (Å²) in [5, 5.41) is 12.9. The number of hydrogen-bond donors (Lipinski definition) is 2. The third-order valence-corrected chi connectivity index (χ3v) is 4.49. The van der Waals surface area contributed by atoms with E-state index in [0.29, 0.717) is 19.6 Å². The van der Waals surface area contributed by atoms with Gasteiger partial charge in [0.1, 0.15) is 5.82 Å². The predicted octanol–water partition coefficient (Wildman–Crippen LogP) is 0.390. The second-order valence-electron chi connectivity index (χ2n) is 6.24. The zero-order valence-corrected chi connectivity index (χ0v) is 13.7. The number of nitrogens with one attached hydrogen (secondary N) is 1. The average molecular weight is 317 g/mol. The van der Waals surface area contributed by atoms with Crippen LogP contribution in [0, 0.1) is 0 Å². The molecule has 0 radical (unpaired) electrons. The second kappa shape index (κ2) is 6.17. The topological polar surface area (TPSA) is 73.6 Å². The van der Waals surface area contributed by atoms with Crippen LogP contribution in [0.2, 0.25) is 0 Å². The van der Waals surface area contributed by atoms with E-state index in [0.717, 1.165) is 16.9 Å². The molecule has 0 saturated carbocycles. The zero-order chi connectivity index (χ0) is 16.6. The Kier molecular flexibility index (Phi) is 4.23. The Bertz CT molecular complexity index is 712. The van der Waals surface area contributed by atoms with Gasteiger partial charge in [-0.15, -0.1) is 0 Å². The molecule has 1 saturated heterocycles. The molecule has 1 aromatic heterocycles. The molecule has 0 bridgehead atoms. The van der Waals surface area contributed by atoms with Gasteiger partial charge in [0.2, 0.25) is 0 Å². The lowest BCUT2D eigenvalue weighted by molar-refractivity contribution is 0.113. The number of aliphatic hydroxyl groups is 1. The van der Waals surface area contributed by atoms with E-state index in [1.807, 2.05) is 54.9 Å². The van der Waals surface area contributed by atoms with Crippen molar-refractivity contribution in [3.8, 4) is 0 Å². The maximum Gasteiger partial charge on any atom is 0.317 e. The molecule has 2 aromatic rings. The van der Waals surface area contributed by atoms with E-state index < -0.39 is 6.10 Å². The lowest BCUT2D eigenvalue weighted by Gasteiger charge is -2.21. The monoisotopic (exact) mass is 317 g/mol. The largest absolute Gasteiger partial charge is 0.390 e. The third kappa shape index (κ3) is 3.02. The highest BCUT2D eigenvalue weighted by Gasteiger charge is 2.35. The molecule has 3 rings (SSSR count). The van der Waals surface area contributed by atoms with Crippen LogP contribution in [-0.4, -0.2) is 69.8 Å². The van der Waals surface area contributed by atoms with Crippen LogP contribution in [0.1, 0.15) is 5.82 Å². The minimum absolute atomic E-state index is 0.0171. The number of amides is 2. The maximum atomic E-state index is 12.3. The van der Waals surface area contributed by atoms with Crippen LogP contribution in [0.15, 0.2) is 24.3 Å². The minimum Gasteiger partial charge on any atom is -0.390 e. The van der Waals surface area contributed by atoms with Gasteiger partial charge in [-0.05, 0) is 26.2 Å². The number of carbonyl (C=O) groups is 1. The summed E-state index contributed by atoms with van der Waals surface area (Å²) in [7, 11) is 5.77. The molecular weight excluding hydrogens is 294 g/mol. The van der Waals surface area contributed by atoms with Crippen LogP contribution in [0.4, 0.5) is 4.79 Å². The first-order chi connectivity index (χ1) is 11.0. The Hall–Kier alpha value is -2.12. The third-order valence-electron chi connectivity index (χ3n) is 4.49. The van der Waals surface area contributed by atoms with E-state index in [4.69, 9.17) is 0 Å². The van der Waals surface area contributed by atoms with Crippen molar-refractivity contribution in [3.05, 3.63) is 30.1 Å². The summed E-state index contributed by atoms with van der Waals surface area (Å²) < 4.78 is 1.98. The van der Waals surface area contributed by atoms with E-state index in [-0.39, 0.29) is 12.1 Å². The van der Waals surface area contributed by atoms with Crippen molar-refractivity contribution in [2.24, 2.45) is 7.05 Å². The Morgan fingerprint density at radius 3 is 2.78 bits per heavy atom. The second-order valence-corrected chi connectivity index (χ2v) is 6.24. The quantitative estimate of drug-likeness (QED) is 0.859. The fraction of sp³-hybridized carbons (Fsp3) is 0.500. The molecule has 0 unspecified atom stereocenters. The molecule has 1 aromatic carbocycles. The zero-order valence-electron chi connectivity index (χ0n) is 13.7. The van der Waals surface area contributed by atoms with Gasteiger partial charge in [-0.3, -0.25) is 0 Å². The molecule has 7 nitrogen and oxygen atoms in total. The number of fused-ring (bicyclic) bond motifs is 1. The molecule has 1 fully saturated rings. The number of likely N-dealkylation sites (tertiary alicyclic amines) is 1. The number of β-amino-alcohol motifs (C(OH)–C–C–N with tert-alkyl or cyclic N) is 1. The summed E-state index contributed by atoms with van der Waals surface area (Å²) >= 11 is 0. The smallest absolute Gasteiger partial charge is 0.317 e. The van der Waals surface area contributed by atoms with Crippen molar-refractivity contribution in [2.75, 3.05) is 27.2 Å². The highest BCUT2D eigenvalue weighted by atomic mass is 16.3. The van der Waals surface area contributed by atoms with Gasteiger partial charge in [-0.1, -0.05) is 12.1 Å². The number of benzene rings is 1. The van der Waals surface area contributed by atoms with Gasteiger partial charge in [0.05, 0.1) is 29.7 Å². The number of aliphatic hydroxyl groups excluding tert-OH is 1. The van der Waals surface area contributed by atoms with Crippen molar-refractivity contribution in [2.45, 2.75) is 18.7 Å². The highest BCUT2D eigenvalue weighted by molar-refractivity contribution is 5.77. The number of aromatic nitrogens is 2. The van der Waals surface area contributed by atoms with Gasteiger partial charge >= 0.3 is 6.03 Å². The molecule has 2 amide bonds. The van der Waals surface area contributed by atoms with Crippen molar-refractivity contribution in [1.29, 1.82) is 0 Å². The lowest BCUT2D eigenvalue weighted by atomic mass is 10.2. The van der Waals surface area contributed by atoms with Crippen LogP contribution in [0.25, 0.3) is 11.0 Å². The molecule has 1 aliphatic rings. The van der Waals surface area contributed by atoms with Crippen molar-refractivity contribution in [1.82, 2.24) is 24.7 Å². The molecule has 0 aliphatic carbocycles. The molecule has 2 N–H and O–H groups in total. The standard InChI is InChI=1S/C16H23N5O2/c1-19(2)13-9-21(10-14(13)22)16(23)17-8-15-18-11-6-4-5-7-12(11)20(15)3/h4-7,13-14,22H,8-10H2,1-3H3,(H,17,23)/t13-,14-/m0/s1. The number of likely N-dealkylation sites (N-methyl/N-ethyl adjacent to an activating group) is 1. The number of carbonyl (C=O) groups excluding carboxylic acids is 1. The van der Waals surface area contributed by atoms with Crippen LogP contribution >= 0.6 is 0 Å². The van der Waals surface area contributed by atoms with Crippen molar-refractivity contribution in [3.63, 3.8) is 0 Å². The number of hydrogen-bond acceptors (Lipinski definition) is 4. The molecule has 7 heteroatoms. The Labute approximate surface area is 135 Å². The highest BCUT2D eigenvalue weighted by Crippen LogP contribution is 2.16. The molecule has 2 atom stereocenters. The van der Waals surface area contributed by atoms with Crippen LogP contribution in [-0.2, 0) is 13.6 Å². The van der Waals surface area contributed by atoms with Crippen LogP contribution < -0.4 is 5.32 Å². The van der Waals surface area contributed by atoms with Gasteiger partial charge in [0.25, 0.3) is 0 Å². The minimum atomic E-state index is -0.508. The van der Waals surface area contributed by atoms with Crippen molar-refractivity contribution >= 4 is 17.1 Å². The number of aryl methyl sites for hydroxylation is 1. The lowest BCUT2D eigenvalue weighted by Crippen LogP contribution is -2.40. The first kappa shape index (κ1) is 15.8. The Morgan fingerprint density at radius 2 is 2.13 bits per heavy atom. The van der Waals surface area contributed by atoms with E-state index in [2.05, 4.69) is 10.3 Å². The SMILES string of the molecule is CN(C)[C@H]1CN(C(=O)NCc2nc3ccccc3n2C)C[C@@H]1O. The summed E-state index contributed by atoms with van der Waals surface area (Å²) in [6, 6.07) is 7.70. The predicted molar refractivity (Wildman–Crippen MR) is 88.0 cm³/mol. The molecule has 23 heavy (non-hydrogen) atoms. The molecule has 1 aliphatic heterocycles. The molecular formula is C16H23N5O2. The molecule has 2 heterocycles. The van der Waals surface area contributed by atoms with Crippen molar-refractivity contribution < 1.29 is 9.90 Å². The number of rotatable bonds is 3. The number of nitrogens with zero attached hydrogens (tertiary/aromatic N) is 4. The Morgan fingerprint density at radius 1 is 1.39 bits per heavy atom. The maximum absolute atomic E-state index is 12.3. The van der Waals surface area contributed by atoms with E-state index in [1.54, 1.807) is 4.90 Å². The number of urea groups is 1. The van der Waals surface area contributed by atoms with Gasteiger partial charge in [-0.2, -0.15) is 0 Å². The summed E-state index contributed by atoms with van der Waals surface area (Å²) in [5.74, 6) is 0.809. The first-order valence-electron chi connectivity index (χ1n) is 7.75. The van der Waals surface area contributed by atoms with E-state index in [9.17, 15) is 9.90 Å². The Balaban J connectivity index is 1.64. The number of imidazole rings is 1. The van der Waals surface area contributed by atoms with Gasteiger partial charge in [0, 0.05) is 20.1 Å². The van der Waals surface area contributed by atoms with E-state index >= 15 is 0 Å². The molecule has 0 spiro atoms.